The molecule has 0 unspecified atom stereocenters. The van der Waals surface area contributed by atoms with Crippen LogP contribution in [0.25, 0.3) is 0 Å². The van der Waals surface area contributed by atoms with E-state index in [2.05, 4.69) is 20.6 Å². The number of aromatic nitrogens is 1. The molecule has 0 saturated carbocycles. The number of anilines is 1. The molecule has 9 heteroatoms. The zero-order valence-electron chi connectivity index (χ0n) is 15.0. The molecular formula is C16H28IN5O2S. The van der Waals surface area contributed by atoms with Crippen LogP contribution < -0.4 is 10.6 Å². The van der Waals surface area contributed by atoms with Gasteiger partial charge in [0.05, 0.1) is 17.0 Å². The minimum atomic E-state index is -3.05. The van der Waals surface area contributed by atoms with Gasteiger partial charge in [-0.1, -0.05) is 6.07 Å². The van der Waals surface area contributed by atoms with Crippen LogP contribution in [0.5, 0.6) is 0 Å². The summed E-state index contributed by atoms with van der Waals surface area (Å²) in [5.74, 6) is 1.75. The summed E-state index contributed by atoms with van der Waals surface area (Å²) in [5.41, 5.74) is 0. The van der Waals surface area contributed by atoms with Crippen LogP contribution in [0.1, 0.15) is 20.8 Å². The van der Waals surface area contributed by atoms with Crippen LogP contribution in [0.3, 0.4) is 0 Å². The third-order valence-electron chi connectivity index (χ3n) is 4.02. The van der Waals surface area contributed by atoms with Crippen molar-refractivity contribution in [1.29, 1.82) is 0 Å². The number of hydrogen-bond donors (Lipinski definition) is 2. The van der Waals surface area contributed by atoms with E-state index in [0.717, 1.165) is 18.3 Å². The first-order valence-corrected chi connectivity index (χ1v) is 9.91. The predicted octanol–water partition coefficient (Wildman–Crippen LogP) is 1.59. The maximum absolute atomic E-state index is 12.1. The van der Waals surface area contributed by atoms with E-state index in [1.807, 2.05) is 30.0 Å². The van der Waals surface area contributed by atoms with Crippen molar-refractivity contribution in [2.75, 3.05) is 43.8 Å². The first-order valence-electron chi connectivity index (χ1n) is 8.26. The fraction of sp³-hybridized carbons (Fsp3) is 0.625. The molecule has 1 saturated heterocycles. The molecule has 0 spiro atoms. The topological polar surface area (TPSA) is 86.7 Å². The molecular weight excluding hydrogens is 453 g/mol. The van der Waals surface area contributed by atoms with Crippen molar-refractivity contribution in [3.05, 3.63) is 24.4 Å². The van der Waals surface area contributed by atoms with Crippen LogP contribution in [0.4, 0.5) is 5.82 Å². The smallest absolute Gasteiger partial charge is 0.194 e. The third-order valence-corrected chi connectivity index (χ3v) is 6.56. The van der Waals surface area contributed by atoms with E-state index in [4.69, 9.17) is 0 Å². The molecule has 1 aliphatic rings. The van der Waals surface area contributed by atoms with Gasteiger partial charge in [-0.05, 0) is 32.9 Å². The van der Waals surface area contributed by atoms with Crippen LogP contribution in [0.15, 0.2) is 29.4 Å². The molecule has 0 amide bonds. The van der Waals surface area contributed by atoms with E-state index in [9.17, 15) is 8.42 Å². The van der Waals surface area contributed by atoms with E-state index in [1.54, 1.807) is 20.0 Å². The fourth-order valence-corrected chi connectivity index (χ4v) is 3.93. The Morgan fingerprint density at radius 2 is 2.16 bits per heavy atom. The van der Waals surface area contributed by atoms with E-state index in [0.29, 0.717) is 26.2 Å². The quantitative estimate of drug-likeness (QED) is 0.288. The molecule has 0 radical (unpaired) electrons. The number of hydrogen-bond acceptors (Lipinski definition) is 5. The monoisotopic (exact) mass is 481 g/mol. The highest BCUT2D eigenvalue weighted by Gasteiger charge is 2.40. The maximum atomic E-state index is 12.1. The summed E-state index contributed by atoms with van der Waals surface area (Å²) < 4.78 is 23.5. The third kappa shape index (κ3) is 5.98. The molecule has 0 aromatic carbocycles. The van der Waals surface area contributed by atoms with E-state index in [-0.39, 0.29) is 29.7 Å². The van der Waals surface area contributed by atoms with Crippen molar-refractivity contribution >= 4 is 45.6 Å². The van der Waals surface area contributed by atoms with Gasteiger partial charge in [-0.25, -0.2) is 13.4 Å². The molecule has 1 aromatic rings. The minimum absolute atomic E-state index is 0. The Morgan fingerprint density at radius 1 is 1.40 bits per heavy atom. The zero-order chi connectivity index (χ0) is 17.6. The van der Waals surface area contributed by atoms with Crippen LogP contribution in [0, 0.1) is 0 Å². The molecule has 0 atom stereocenters. The largest absolute Gasteiger partial charge is 0.368 e. The molecule has 1 fully saturated rings. The Bertz CT molecular complexity index is 664. The Hall–Kier alpha value is -1.10. The van der Waals surface area contributed by atoms with Gasteiger partial charge in [0.2, 0.25) is 0 Å². The van der Waals surface area contributed by atoms with Crippen LogP contribution in [0.2, 0.25) is 0 Å². The van der Waals surface area contributed by atoms with Crippen molar-refractivity contribution in [2.24, 2.45) is 4.99 Å². The van der Waals surface area contributed by atoms with Gasteiger partial charge in [-0.3, -0.25) is 4.99 Å². The van der Waals surface area contributed by atoms with Gasteiger partial charge in [0.25, 0.3) is 0 Å². The summed E-state index contributed by atoms with van der Waals surface area (Å²) in [5, 5.41) is 6.47. The molecule has 0 aliphatic carbocycles. The highest BCUT2D eigenvalue weighted by molar-refractivity contribution is 14.0. The second-order valence-corrected chi connectivity index (χ2v) is 9.12. The Morgan fingerprint density at radius 3 is 2.76 bits per heavy atom. The molecule has 2 heterocycles. The number of sulfone groups is 1. The highest BCUT2D eigenvalue weighted by Crippen LogP contribution is 2.23. The average molecular weight is 481 g/mol. The van der Waals surface area contributed by atoms with Crippen LogP contribution in [-0.4, -0.2) is 67.5 Å². The van der Waals surface area contributed by atoms with Crippen molar-refractivity contribution in [3.63, 3.8) is 0 Å². The summed E-state index contributed by atoms with van der Waals surface area (Å²) in [4.78, 5) is 10.8. The number of nitrogens with one attached hydrogen (secondary N) is 2. The second-order valence-electron chi connectivity index (χ2n) is 6.38. The normalized spacial score (nSPS) is 19.0. The Balaban J connectivity index is 0.00000312. The lowest BCUT2D eigenvalue weighted by Crippen LogP contribution is -2.57. The van der Waals surface area contributed by atoms with Gasteiger partial charge in [0.1, 0.15) is 5.82 Å². The first kappa shape index (κ1) is 21.9. The van der Waals surface area contributed by atoms with Crippen molar-refractivity contribution in [1.82, 2.24) is 15.2 Å². The second kappa shape index (κ2) is 9.56. The number of guanidine groups is 1. The van der Waals surface area contributed by atoms with Crippen molar-refractivity contribution < 1.29 is 8.42 Å². The number of nitrogens with zero attached hydrogens (tertiary/aromatic N) is 3. The molecule has 7 nitrogen and oxygen atoms in total. The van der Waals surface area contributed by atoms with Gasteiger partial charge < -0.3 is 15.5 Å². The predicted molar refractivity (Wildman–Crippen MR) is 114 cm³/mol. The summed E-state index contributed by atoms with van der Waals surface area (Å²) >= 11 is 0. The Labute approximate surface area is 167 Å². The molecule has 1 aliphatic heterocycles. The SMILES string of the molecule is CCNC(=NCCNc1ccccn1)N1CCS(=O)(=O)C(C)(C)C1.I. The van der Waals surface area contributed by atoms with Gasteiger partial charge in [-0.2, -0.15) is 0 Å². The number of halogens is 1. The number of aliphatic imine (C=N–C) groups is 1. The fourth-order valence-electron chi connectivity index (χ4n) is 2.56. The van der Waals surface area contributed by atoms with Crippen LogP contribution >= 0.6 is 24.0 Å². The van der Waals surface area contributed by atoms with E-state index >= 15 is 0 Å². The first-order chi connectivity index (χ1) is 11.4. The maximum Gasteiger partial charge on any atom is 0.194 e. The van der Waals surface area contributed by atoms with E-state index < -0.39 is 14.6 Å². The molecule has 25 heavy (non-hydrogen) atoms. The van der Waals surface area contributed by atoms with Crippen molar-refractivity contribution in [3.8, 4) is 0 Å². The lowest BCUT2D eigenvalue weighted by Gasteiger charge is -2.39. The minimum Gasteiger partial charge on any atom is -0.368 e. The van der Waals surface area contributed by atoms with Crippen LogP contribution in [-0.2, 0) is 9.84 Å². The van der Waals surface area contributed by atoms with Gasteiger partial charge in [-0.15, -0.1) is 24.0 Å². The number of pyridine rings is 1. The summed E-state index contributed by atoms with van der Waals surface area (Å²) in [7, 11) is -3.05. The van der Waals surface area contributed by atoms with E-state index in [1.165, 1.54) is 0 Å². The molecule has 142 valence electrons. The molecule has 2 rings (SSSR count). The van der Waals surface area contributed by atoms with Gasteiger partial charge >= 0.3 is 0 Å². The lowest BCUT2D eigenvalue weighted by molar-refractivity contribution is 0.353. The van der Waals surface area contributed by atoms with Gasteiger partial charge in [0.15, 0.2) is 15.8 Å². The highest BCUT2D eigenvalue weighted by atomic mass is 127. The zero-order valence-corrected chi connectivity index (χ0v) is 18.2. The average Bonchev–Trinajstić information content (AvgIpc) is 2.54. The molecule has 1 aromatic heterocycles. The summed E-state index contributed by atoms with van der Waals surface area (Å²) in [6.07, 6.45) is 1.74. The standard InChI is InChI=1S/C16H27N5O2S.HI/c1-4-17-15(20-10-9-19-14-7-5-6-8-18-14)21-11-12-24(22,23)16(2,3)13-21;/h5-8H,4,9-13H2,1-3H3,(H,17,20)(H,18,19);1H. The Kier molecular flexibility index (Phi) is 8.39. The molecule has 0 bridgehead atoms. The lowest BCUT2D eigenvalue weighted by atomic mass is 10.2. The van der Waals surface area contributed by atoms with Gasteiger partial charge in [0, 0.05) is 32.4 Å². The summed E-state index contributed by atoms with van der Waals surface area (Å²) in [6, 6.07) is 5.71. The molecule has 2 N–H and O–H groups in total. The number of rotatable bonds is 5. The summed E-state index contributed by atoms with van der Waals surface area (Å²) in [6.45, 7) is 8.50. The van der Waals surface area contributed by atoms with Crippen molar-refractivity contribution in [2.45, 2.75) is 25.5 Å².